The zero-order chi connectivity index (χ0) is 18.2. The second-order valence-electron chi connectivity index (χ2n) is 5.22. The molecule has 0 saturated carbocycles. The van der Waals surface area contributed by atoms with Crippen LogP contribution in [0.4, 0.5) is 23.2 Å². The molecule has 2 heterocycles. The first-order chi connectivity index (χ1) is 11.7. The van der Waals surface area contributed by atoms with Gasteiger partial charge in [-0.05, 0) is 24.3 Å². The maximum absolute atomic E-state index is 13.5. The van der Waals surface area contributed by atoms with Crippen LogP contribution in [0.2, 0.25) is 0 Å². The van der Waals surface area contributed by atoms with Crippen LogP contribution in [0.1, 0.15) is 0 Å². The monoisotopic (exact) mass is 353 g/mol. The van der Waals surface area contributed by atoms with Gasteiger partial charge in [0.15, 0.2) is 5.82 Å². The Morgan fingerprint density at radius 3 is 2.56 bits per heavy atom. The fourth-order valence-electron chi connectivity index (χ4n) is 2.15. The van der Waals surface area contributed by atoms with Crippen molar-refractivity contribution >= 4 is 5.69 Å². The molecule has 0 bridgehead atoms. The summed E-state index contributed by atoms with van der Waals surface area (Å²) in [5, 5.41) is 4.09. The summed E-state index contributed by atoms with van der Waals surface area (Å²) >= 11 is 0. The van der Waals surface area contributed by atoms with Crippen LogP contribution in [0.25, 0.3) is 17.1 Å². The van der Waals surface area contributed by atoms with Gasteiger partial charge in [0, 0.05) is 17.8 Å². The zero-order valence-electron chi connectivity index (χ0n) is 12.5. The smallest absolute Gasteiger partial charge is 0.396 e. The molecule has 0 aliphatic heterocycles. The quantitative estimate of drug-likeness (QED) is 0.579. The van der Waals surface area contributed by atoms with Gasteiger partial charge in [-0.15, -0.1) is 5.10 Å². The third kappa shape index (κ3) is 3.67. The van der Waals surface area contributed by atoms with Crippen molar-refractivity contribution in [1.29, 1.82) is 0 Å². The average molecular weight is 353 g/mol. The van der Waals surface area contributed by atoms with E-state index in [1.54, 1.807) is 0 Å². The molecule has 2 N–H and O–H groups in total. The van der Waals surface area contributed by atoms with E-state index in [2.05, 4.69) is 10.1 Å². The lowest BCUT2D eigenvalue weighted by atomic mass is 10.2. The molecule has 6 nitrogen and oxygen atoms in total. The van der Waals surface area contributed by atoms with Gasteiger partial charge in [-0.25, -0.2) is 14.1 Å². The number of hydrogen-bond donors (Lipinski definition) is 1. The summed E-state index contributed by atoms with van der Waals surface area (Å²) in [5.74, 6) is -0.443. The number of halogens is 4. The molecule has 0 fully saturated rings. The Hall–Kier alpha value is -3.17. The molecule has 25 heavy (non-hydrogen) atoms. The van der Waals surface area contributed by atoms with E-state index in [-0.39, 0.29) is 17.2 Å². The van der Waals surface area contributed by atoms with E-state index in [9.17, 15) is 22.4 Å². The van der Waals surface area contributed by atoms with Crippen LogP contribution >= 0.6 is 0 Å². The number of hydrogen-bond acceptors (Lipinski definition) is 4. The first-order valence-electron chi connectivity index (χ1n) is 6.97. The summed E-state index contributed by atoms with van der Waals surface area (Å²) in [6.45, 7) is -1.38. The lowest BCUT2D eigenvalue weighted by molar-refractivity contribution is -0.141. The number of rotatable bonds is 3. The van der Waals surface area contributed by atoms with Gasteiger partial charge in [-0.2, -0.15) is 13.2 Å². The van der Waals surface area contributed by atoms with Gasteiger partial charge >= 0.3 is 6.18 Å². The van der Waals surface area contributed by atoms with E-state index in [4.69, 9.17) is 5.73 Å². The van der Waals surface area contributed by atoms with Gasteiger partial charge in [0.25, 0.3) is 5.56 Å². The van der Waals surface area contributed by atoms with Crippen molar-refractivity contribution in [3.05, 3.63) is 59.0 Å². The van der Waals surface area contributed by atoms with Gasteiger partial charge in [0.2, 0.25) is 0 Å². The second kappa shape index (κ2) is 6.04. The van der Waals surface area contributed by atoms with E-state index in [1.165, 1.54) is 29.2 Å². The minimum atomic E-state index is -4.50. The Labute approximate surface area is 138 Å². The van der Waals surface area contributed by atoms with Crippen LogP contribution in [0.5, 0.6) is 0 Å². The molecule has 130 valence electrons. The van der Waals surface area contributed by atoms with E-state index in [0.717, 1.165) is 18.3 Å². The highest BCUT2D eigenvalue weighted by molar-refractivity contribution is 5.59. The third-order valence-corrected chi connectivity index (χ3v) is 3.34. The summed E-state index contributed by atoms with van der Waals surface area (Å²) in [5.41, 5.74) is 5.16. The number of nitrogens with zero attached hydrogens (tertiary/aromatic N) is 4. The Morgan fingerprint density at radius 1 is 1.16 bits per heavy atom. The predicted molar refractivity (Wildman–Crippen MR) is 81.5 cm³/mol. The number of pyridine rings is 1. The van der Waals surface area contributed by atoms with Crippen LogP contribution in [0, 0.1) is 5.82 Å². The van der Waals surface area contributed by atoms with Crippen molar-refractivity contribution in [3.8, 4) is 17.1 Å². The first-order valence-corrected chi connectivity index (χ1v) is 6.97. The predicted octanol–water partition coefficient (Wildman–Crippen LogP) is 2.38. The molecule has 0 aliphatic rings. The molecule has 0 atom stereocenters. The maximum atomic E-state index is 13.5. The number of nitrogens with two attached hydrogens (primary N) is 1. The highest BCUT2D eigenvalue weighted by atomic mass is 19.4. The molecule has 0 unspecified atom stereocenters. The molecular formula is C15H11F4N5O. The van der Waals surface area contributed by atoms with Crippen molar-refractivity contribution in [2.75, 3.05) is 5.73 Å². The molecule has 10 heteroatoms. The minimum Gasteiger partial charge on any atom is -0.396 e. The second-order valence-corrected chi connectivity index (χ2v) is 5.22. The molecule has 3 aromatic rings. The minimum absolute atomic E-state index is 0.0172. The van der Waals surface area contributed by atoms with Crippen LogP contribution in [0.15, 0.2) is 47.7 Å². The van der Waals surface area contributed by atoms with Crippen molar-refractivity contribution in [1.82, 2.24) is 19.3 Å². The van der Waals surface area contributed by atoms with E-state index in [0.29, 0.717) is 10.1 Å². The number of nitrogen functional groups attached to an aromatic ring is 1. The standard InChI is InChI=1S/C15H11F4N5O/c16-11-5-9(1-2-12(11)20)14-21-8-24(22-14)10-3-4-23(13(25)6-10)7-15(17,18)19/h1-6,8H,7,20H2. The van der Waals surface area contributed by atoms with Gasteiger partial charge < -0.3 is 10.3 Å². The number of aromatic nitrogens is 4. The lowest BCUT2D eigenvalue weighted by Gasteiger charge is -2.09. The van der Waals surface area contributed by atoms with Crippen LogP contribution in [-0.2, 0) is 6.54 Å². The molecule has 0 radical (unpaired) electrons. The summed E-state index contributed by atoms with van der Waals surface area (Å²) in [4.78, 5) is 15.8. The Morgan fingerprint density at radius 2 is 1.92 bits per heavy atom. The fourth-order valence-corrected chi connectivity index (χ4v) is 2.15. The number of benzene rings is 1. The van der Waals surface area contributed by atoms with Crippen molar-refractivity contribution in [3.63, 3.8) is 0 Å². The van der Waals surface area contributed by atoms with Gasteiger partial charge in [-0.3, -0.25) is 4.79 Å². The summed E-state index contributed by atoms with van der Waals surface area (Å²) < 4.78 is 52.4. The Balaban J connectivity index is 1.91. The molecular weight excluding hydrogens is 342 g/mol. The van der Waals surface area contributed by atoms with Gasteiger partial charge in [0.1, 0.15) is 18.7 Å². The largest absolute Gasteiger partial charge is 0.406 e. The van der Waals surface area contributed by atoms with Crippen LogP contribution in [-0.4, -0.2) is 25.5 Å². The molecule has 0 amide bonds. The maximum Gasteiger partial charge on any atom is 0.406 e. The van der Waals surface area contributed by atoms with E-state index >= 15 is 0 Å². The molecule has 0 aliphatic carbocycles. The van der Waals surface area contributed by atoms with Crippen molar-refractivity contribution < 1.29 is 17.6 Å². The zero-order valence-corrected chi connectivity index (χ0v) is 12.5. The SMILES string of the molecule is Nc1ccc(-c2ncn(-c3ccn(CC(F)(F)F)c(=O)c3)n2)cc1F. The normalized spacial score (nSPS) is 11.7. The van der Waals surface area contributed by atoms with Crippen LogP contribution in [0.3, 0.4) is 0 Å². The van der Waals surface area contributed by atoms with Gasteiger partial charge in [0.05, 0.1) is 11.4 Å². The van der Waals surface area contributed by atoms with Gasteiger partial charge in [-0.1, -0.05) is 0 Å². The summed E-state index contributed by atoms with van der Waals surface area (Å²) in [7, 11) is 0. The molecule has 1 aromatic carbocycles. The van der Waals surface area contributed by atoms with Crippen molar-refractivity contribution in [2.24, 2.45) is 0 Å². The molecule has 0 saturated heterocycles. The fraction of sp³-hybridized carbons (Fsp3) is 0.133. The topological polar surface area (TPSA) is 78.7 Å². The molecule has 3 rings (SSSR count). The van der Waals surface area contributed by atoms with Crippen LogP contribution < -0.4 is 11.3 Å². The van der Waals surface area contributed by atoms with E-state index < -0.39 is 24.1 Å². The Bertz CT molecular complexity index is 977. The highest BCUT2D eigenvalue weighted by Gasteiger charge is 2.28. The Kier molecular flexibility index (Phi) is 4.03. The molecule has 0 spiro atoms. The number of anilines is 1. The van der Waals surface area contributed by atoms with E-state index in [1.807, 2.05) is 0 Å². The average Bonchev–Trinajstić information content (AvgIpc) is 3.01. The lowest BCUT2D eigenvalue weighted by Crippen LogP contribution is -2.27. The summed E-state index contributed by atoms with van der Waals surface area (Å²) in [6, 6.07) is 6.36. The third-order valence-electron chi connectivity index (χ3n) is 3.34. The van der Waals surface area contributed by atoms with Crippen molar-refractivity contribution in [2.45, 2.75) is 12.7 Å². The molecule has 2 aromatic heterocycles. The highest BCUT2D eigenvalue weighted by Crippen LogP contribution is 2.20. The first kappa shape index (κ1) is 16.7. The summed E-state index contributed by atoms with van der Waals surface area (Å²) in [6.07, 6.45) is -2.20. The number of alkyl halides is 3.